The van der Waals surface area contributed by atoms with Gasteiger partial charge >= 0.3 is 0 Å². The molecule has 22 heavy (non-hydrogen) atoms. The molecular formula is C16H24ClN3O2. The van der Waals surface area contributed by atoms with E-state index in [0.29, 0.717) is 25.0 Å². The smallest absolute Gasteiger partial charge is 0.230 e. The zero-order valence-electron chi connectivity index (χ0n) is 13.5. The third-order valence-corrected chi connectivity index (χ3v) is 3.55. The highest BCUT2D eigenvalue weighted by Gasteiger charge is 2.09. The molecule has 6 heteroatoms. The number of rotatable bonds is 7. The number of ether oxygens (including phenoxy) is 1. The highest BCUT2D eigenvalue weighted by atomic mass is 35.5. The van der Waals surface area contributed by atoms with Crippen molar-refractivity contribution < 1.29 is 9.26 Å². The van der Waals surface area contributed by atoms with Gasteiger partial charge in [-0.25, -0.2) is 0 Å². The molecule has 122 valence electrons. The van der Waals surface area contributed by atoms with Crippen LogP contribution in [0.5, 0.6) is 5.75 Å². The van der Waals surface area contributed by atoms with Gasteiger partial charge in [0.1, 0.15) is 5.75 Å². The SMILES string of the molecule is CNC(C)Cc1noc(CCOc2ccc(C)c(C)c2)n1.Cl. The van der Waals surface area contributed by atoms with Gasteiger partial charge in [-0.3, -0.25) is 0 Å². The molecule has 1 heterocycles. The summed E-state index contributed by atoms with van der Waals surface area (Å²) in [5.41, 5.74) is 2.50. The predicted molar refractivity (Wildman–Crippen MR) is 88.9 cm³/mol. The van der Waals surface area contributed by atoms with E-state index in [9.17, 15) is 0 Å². The Bertz CT molecular complexity index is 587. The van der Waals surface area contributed by atoms with Crippen LogP contribution in [-0.4, -0.2) is 29.8 Å². The van der Waals surface area contributed by atoms with Gasteiger partial charge < -0.3 is 14.6 Å². The fraction of sp³-hybridized carbons (Fsp3) is 0.500. The van der Waals surface area contributed by atoms with E-state index >= 15 is 0 Å². The molecule has 0 saturated carbocycles. The summed E-state index contributed by atoms with van der Waals surface area (Å²) in [4.78, 5) is 4.36. The van der Waals surface area contributed by atoms with E-state index in [2.05, 4.69) is 42.3 Å². The van der Waals surface area contributed by atoms with Gasteiger partial charge in [0.25, 0.3) is 0 Å². The first kappa shape index (κ1) is 18.5. The summed E-state index contributed by atoms with van der Waals surface area (Å²) in [5.74, 6) is 2.23. The minimum atomic E-state index is 0. The molecule has 1 atom stereocenters. The third-order valence-electron chi connectivity index (χ3n) is 3.55. The summed E-state index contributed by atoms with van der Waals surface area (Å²) in [6.45, 7) is 6.78. The van der Waals surface area contributed by atoms with Crippen LogP contribution in [0.4, 0.5) is 0 Å². The van der Waals surface area contributed by atoms with E-state index in [0.717, 1.165) is 18.0 Å². The molecule has 0 spiro atoms. The van der Waals surface area contributed by atoms with Crippen LogP contribution in [0.2, 0.25) is 0 Å². The Morgan fingerprint density at radius 3 is 2.73 bits per heavy atom. The molecule has 2 rings (SSSR count). The molecule has 0 bridgehead atoms. The second-order valence-corrected chi connectivity index (χ2v) is 5.34. The normalized spacial score (nSPS) is 11.8. The first-order valence-corrected chi connectivity index (χ1v) is 7.27. The van der Waals surface area contributed by atoms with E-state index in [1.165, 1.54) is 11.1 Å². The minimum Gasteiger partial charge on any atom is -0.493 e. The molecule has 0 aliphatic heterocycles. The second kappa shape index (κ2) is 8.76. The van der Waals surface area contributed by atoms with Crippen LogP contribution >= 0.6 is 12.4 Å². The maximum Gasteiger partial charge on any atom is 0.230 e. The van der Waals surface area contributed by atoms with Crippen LogP contribution in [0, 0.1) is 13.8 Å². The van der Waals surface area contributed by atoms with Crippen molar-refractivity contribution in [1.29, 1.82) is 0 Å². The molecule has 1 N–H and O–H groups in total. The van der Waals surface area contributed by atoms with Crippen molar-refractivity contribution >= 4 is 12.4 Å². The Balaban J connectivity index is 0.00000242. The van der Waals surface area contributed by atoms with Gasteiger partial charge in [-0.15, -0.1) is 12.4 Å². The first-order chi connectivity index (χ1) is 10.1. The molecule has 2 aromatic rings. The Morgan fingerprint density at radius 2 is 2.05 bits per heavy atom. The highest BCUT2D eigenvalue weighted by Crippen LogP contribution is 2.16. The van der Waals surface area contributed by atoms with Crippen LogP contribution < -0.4 is 10.1 Å². The fourth-order valence-electron chi connectivity index (χ4n) is 1.91. The van der Waals surface area contributed by atoms with Gasteiger partial charge in [-0.05, 0) is 51.1 Å². The average molecular weight is 326 g/mol. The lowest BCUT2D eigenvalue weighted by Crippen LogP contribution is -2.24. The van der Waals surface area contributed by atoms with Crippen molar-refractivity contribution in [3.05, 3.63) is 41.0 Å². The van der Waals surface area contributed by atoms with Crippen molar-refractivity contribution in [2.75, 3.05) is 13.7 Å². The number of nitrogens with one attached hydrogen (secondary N) is 1. The minimum absolute atomic E-state index is 0. The Hall–Kier alpha value is -1.59. The molecule has 0 saturated heterocycles. The summed E-state index contributed by atoms with van der Waals surface area (Å²) >= 11 is 0. The van der Waals surface area contributed by atoms with Gasteiger partial charge in [0.2, 0.25) is 5.89 Å². The number of halogens is 1. The second-order valence-electron chi connectivity index (χ2n) is 5.34. The highest BCUT2D eigenvalue weighted by molar-refractivity contribution is 5.85. The first-order valence-electron chi connectivity index (χ1n) is 7.27. The predicted octanol–water partition coefficient (Wildman–Crippen LogP) is 2.88. The number of benzene rings is 1. The van der Waals surface area contributed by atoms with Crippen molar-refractivity contribution in [1.82, 2.24) is 15.5 Å². The maximum absolute atomic E-state index is 5.72. The largest absolute Gasteiger partial charge is 0.493 e. The molecule has 5 nitrogen and oxygen atoms in total. The molecule has 0 amide bonds. The van der Waals surface area contributed by atoms with Crippen molar-refractivity contribution in [3.63, 3.8) is 0 Å². The summed E-state index contributed by atoms with van der Waals surface area (Å²) in [6, 6.07) is 6.43. The molecule has 0 radical (unpaired) electrons. The third kappa shape index (κ3) is 5.31. The van der Waals surface area contributed by atoms with Gasteiger partial charge in [0, 0.05) is 12.5 Å². The van der Waals surface area contributed by atoms with Crippen molar-refractivity contribution in [3.8, 4) is 5.75 Å². The quantitative estimate of drug-likeness (QED) is 0.848. The number of nitrogens with zero attached hydrogens (tertiary/aromatic N) is 2. The number of hydrogen-bond acceptors (Lipinski definition) is 5. The van der Waals surface area contributed by atoms with E-state index in [-0.39, 0.29) is 12.4 Å². The standard InChI is InChI=1S/C16H23N3O2.ClH/c1-11-5-6-14(9-12(11)2)20-8-7-16-18-15(19-21-16)10-13(3)17-4;/h5-6,9,13,17H,7-8,10H2,1-4H3;1H. The lowest BCUT2D eigenvalue weighted by Gasteiger charge is -2.07. The van der Waals surface area contributed by atoms with Gasteiger partial charge in [0.15, 0.2) is 5.82 Å². The monoisotopic (exact) mass is 325 g/mol. The Kier molecular flexibility index (Phi) is 7.35. The Labute approximate surface area is 137 Å². The van der Waals surface area contributed by atoms with Crippen LogP contribution in [0.1, 0.15) is 29.8 Å². The summed E-state index contributed by atoms with van der Waals surface area (Å²) < 4.78 is 10.9. The fourth-order valence-corrected chi connectivity index (χ4v) is 1.91. The zero-order chi connectivity index (χ0) is 15.2. The van der Waals surface area contributed by atoms with Crippen LogP contribution in [0.25, 0.3) is 0 Å². The molecule has 0 aliphatic rings. The van der Waals surface area contributed by atoms with Gasteiger partial charge in [0.05, 0.1) is 13.0 Å². The van der Waals surface area contributed by atoms with E-state index in [4.69, 9.17) is 9.26 Å². The number of hydrogen-bond donors (Lipinski definition) is 1. The molecule has 1 unspecified atom stereocenters. The molecular weight excluding hydrogens is 302 g/mol. The number of likely N-dealkylation sites (N-methyl/N-ethyl adjacent to an activating group) is 1. The van der Waals surface area contributed by atoms with Crippen LogP contribution in [0.3, 0.4) is 0 Å². The summed E-state index contributed by atoms with van der Waals surface area (Å²) in [7, 11) is 1.92. The van der Waals surface area contributed by atoms with Gasteiger partial charge in [-0.1, -0.05) is 11.2 Å². The van der Waals surface area contributed by atoms with E-state index in [1.54, 1.807) is 0 Å². The van der Waals surface area contributed by atoms with E-state index in [1.807, 2.05) is 19.2 Å². The Morgan fingerprint density at radius 1 is 1.27 bits per heavy atom. The van der Waals surface area contributed by atoms with Crippen LogP contribution in [-0.2, 0) is 12.8 Å². The van der Waals surface area contributed by atoms with Crippen molar-refractivity contribution in [2.45, 2.75) is 39.7 Å². The summed E-state index contributed by atoms with van der Waals surface area (Å²) in [5, 5.41) is 7.12. The lowest BCUT2D eigenvalue weighted by atomic mass is 10.1. The summed E-state index contributed by atoms with van der Waals surface area (Å²) in [6.07, 6.45) is 1.38. The molecule has 0 aliphatic carbocycles. The van der Waals surface area contributed by atoms with E-state index < -0.39 is 0 Å². The van der Waals surface area contributed by atoms with Crippen molar-refractivity contribution in [2.24, 2.45) is 0 Å². The number of aryl methyl sites for hydroxylation is 2. The topological polar surface area (TPSA) is 60.2 Å². The maximum atomic E-state index is 5.72. The lowest BCUT2D eigenvalue weighted by molar-refractivity contribution is 0.291. The number of aromatic nitrogens is 2. The van der Waals surface area contributed by atoms with Crippen LogP contribution in [0.15, 0.2) is 22.7 Å². The van der Waals surface area contributed by atoms with Gasteiger partial charge in [-0.2, -0.15) is 4.98 Å². The molecule has 1 aromatic carbocycles. The zero-order valence-corrected chi connectivity index (χ0v) is 14.4. The average Bonchev–Trinajstić information content (AvgIpc) is 2.90. The molecule has 0 fully saturated rings. The molecule has 1 aromatic heterocycles.